The third-order valence-electron chi connectivity index (χ3n) is 3.81. The van der Waals surface area contributed by atoms with E-state index in [0.717, 1.165) is 17.1 Å². The molecule has 130 valence electrons. The molecule has 0 saturated heterocycles. The predicted octanol–water partition coefficient (Wildman–Crippen LogP) is 2.82. The van der Waals surface area contributed by atoms with Gasteiger partial charge >= 0.3 is 0 Å². The number of aromatic nitrogens is 2. The van der Waals surface area contributed by atoms with Crippen molar-refractivity contribution in [2.24, 2.45) is 0 Å². The number of hydrogen-bond acceptors (Lipinski definition) is 4. The maximum Gasteiger partial charge on any atom is 0.224 e. The Bertz CT molecular complexity index is 731. The molecule has 25 heavy (non-hydrogen) atoms. The van der Waals surface area contributed by atoms with Crippen LogP contribution in [-0.4, -0.2) is 28.8 Å². The summed E-state index contributed by atoms with van der Waals surface area (Å²) in [5, 5.41) is 7.21. The van der Waals surface area contributed by atoms with Gasteiger partial charge in [-0.2, -0.15) is 5.10 Å². The first-order valence-corrected chi connectivity index (χ1v) is 8.27. The molecule has 0 saturated carbocycles. The van der Waals surface area contributed by atoms with Crippen LogP contribution < -0.4 is 10.1 Å². The Kier molecular flexibility index (Phi) is 5.51. The smallest absolute Gasteiger partial charge is 0.224 e. The van der Waals surface area contributed by atoms with Gasteiger partial charge in [-0.1, -0.05) is 12.1 Å². The molecule has 1 unspecified atom stereocenters. The Morgan fingerprint density at radius 3 is 2.76 bits per heavy atom. The van der Waals surface area contributed by atoms with Crippen LogP contribution in [0.2, 0.25) is 0 Å². The molecule has 2 heterocycles. The SMILES string of the molecule is CCOc1ccc(CC(=O)NCC(c2ccco2)n2cccn2)cc1. The zero-order chi connectivity index (χ0) is 17.5. The molecule has 1 atom stereocenters. The molecule has 2 aromatic heterocycles. The average Bonchev–Trinajstić information content (AvgIpc) is 3.31. The van der Waals surface area contributed by atoms with Crippen LogP contribution in [0, 0.1) is 0 Å². The lowest BCUT2D eigenvalue weighted by Crippen LogP contribution is -2.32. The Morgan fingerprint density at radius 2 is 2.12 bits per heavy atom. The van der Waals surface area contributed by atoms with E-state index in [9.17, 15) is 4.79 Å². The highest BCUT2D eigenvalue weighted by atomic mass is 16.5. The van der Waals surface area contributed by atoms with Crippen molar-refractivity contribution in [1.82, 2.24) is 15.1 Å². The summed E-state index contributed by atoms with van der Waals surface area (Å²) >= 11 is 0. The molecule has 6 heteroatoms. The monoisotopic (exact) mass is 339 g/mol. The minimum atomic E-state index is -0.172. The van der Waals surface area contributed by atoms with Gasteiger partial charge in [-0.15, -0.1) is 0 Å². The van der Waals surface area contributed by atoms with Crippen molar-refractivity contribution < 1.29 is 13.9 Å². The van der Waals surface area contributed by atoms with Gasteiger partial charge in [0.25, 0.3) is 0 Å². The molecule has 6 nitrogen and oxygen atoms in total. The van der Waals surface area contributed by atoms with Crippen LogP contribution in [0.15, 0.2) is 65.5 Å². The standard InChI is InChI=1S/C19H21N3O3/c1-2-24-16-8-6-15(7-9-16)13-19(23)20-14-17(18-5-3-12-25-18)22-11-4-10-21-22/h3-12,17H,2,13-14H2,1H3,(H,20,23). The third kappa shape index (κ3) is 4.50. The van der Waals surface area contributed by atoms with Gasteiger partial charge in [0.2, 0.25) is 5.91 Å². The number of benzene rings is 1. The van der Waals surface area contributed by atoms with Gasteiger partial charge in [-0.3, -0.25) is 9.48 Å². The summed E-state index contributed by atoms with van der Waals surface area (Å²) in [4.78, 5) is 12.3. The topological polar surface area (TPSA) is 69.3 Å². The fourth-order valence-corrected chi connectivity index (χ4v) is 2.60. The van der Waals surface area contributed by atoms with E-state index in [2.05, 4.69) is 10.4 Å². The number of ether oxygens (including phenoxy) is 1. The van der Waals surface area contributed by atoms with Crippen molar-refractivity contribution >= 4 is 5.91 Å². The van der Waals surface area contributed by atoms with E-state index in [1.54, 1.807) is 17.1 Å². The van der Waals surface area contributed by atoms with Crippen LogP contribution in [0.25, 0.3) is 0 Å². The Morgan fingerprint density at radius 1 is 1.28 bits per heavy atom. The van der Waals surface area contributed by atoms with Gasteiger partial charge in [0.05, 0.1) is 19.3 Å². The number of rotatable bonds is 8. The lowest BCUT2D eigenvalue weighted by Gasteiger charge is -2.16. The van der Waals surface area contributed by atoms with Gasteiger partial charge < -0.3 is 14.5 Å². The maximum absolute atomic E-state index is 12.3. The molecular formula is C19H21N3O3. The fourth-order valence-electron chi connectivity index (χ4n) is 2.60. The highest BCUT2D eigenvalue weighted by Gasteiger charge is 2.18. The summed E-state index contributed by atoms with van der Waals surface area (Å²) < 4.78 is 12.7. The number of nitrogens with zero attached hydrogens (tertiary/aromatic N) is 2. The second-order valence-electron chi connectivity index (χ2n) is 5.58. The van der Waals surface area contributed by atoms with E-state index in [1.807, 2.05) is 55.6 Å². The zero-order valence-corrected chi connectivity index (χ0v) is 14.1. The molecule has 0 bridgehead atoms. The van der Waals surface area contributed by atoms with Crippen LogP contribution in [-0.2, 0) is 11.2 Å². The van der Waals surface area contributed by atoms with Crippen molar-refractivity contribution in [2.45, 2.75) is 19.4 Å². The van der Waals surface area contributed by atoms with E-state index in [4.69, 9.17) is 9.15 Å². The summed E-state index contributed by atoms with van der Waals surface area (Å²) in [6.07, 6.45) is 5.49. The van der Waals surface area contributed by atoms with E-state index in [-0.39, 0.29) is 11.9 Å². The minimum Gasteiger partial charge on any atom is -0.494 e. The lowest BCUT2D eigenvalue weighted by molar-refractivity contribution is -0.120. The highest BCUT2D eigenvalue weighted by molar-refractivity contribution is 5.78. The second-order valence-corrected chi connectivity index (χ2v) is 5.58. The quantitative estimate of drug-likeness (QED) is 0.685. The first kappa shape index (κ1) is 16.8. The number of nitrogens with one attached hydrogen (secondary N) is 1. The average molecular weight is 339 g/mol. The normalized spacial score (nSPS) is 11.9. The van der Waals surface area contributed by atoms with Crippen LogP contribution in [0.4, 0.5) is 0 Å². The van der Waals surface area contributed by atoms with Gasteiger partial charge in [-0.05, 0) is 42.8 Å². The molecular weight excluding hydrogens is 318 g/mol. The first-order valence-electron chi connectivity index (χ1n) is 8.27. The van der Waals surface area contributed by atoms with E-state index >= 15 is 0 Å². The molecule has 0 aliphatic carbocycles. The lowest BCUT2D eigenvalue weighted by atomic mass is 10.1. The van der Waals surface area contributed by atoms with Crippen LogP contribution in [0.3, 0.4) is 0 Å². The molecule has 0 radical (unpaired) electrons. The van der Waals surface area contributed by atoms with E-state index < -0.39 is 0 Å². The fraction of sp³-hybridized carbons (Fsp3) is 0.263. The van der Waals surface area contributed by atoms with Crippen LogP contribution >= 0.6 is 0 Å². The van der Waals surface area contributed by atoms with Crippen molar-refractivity contribution in [1.29, 1.82) is 0 Å². The minimum absolute atomic E-state index is 0.0483. The Hall–Kier alpha value is -3.02. The largest absolute Gasteiger partial charge is 0.494 e. The Labute approximate surface area is 146 Å². The molecule has 0 spiro atoms. The molecule has 0 aliphatic rings. The Balaban J connectivity index is 1.58. The number of furan rings is 1. The second kappa shape index (κ2) is 8.19. The third-order valence-corrected chi connectivity index (χ3v) is 3.81. The maximum atomic E-state index is 12.3. The predicted molar refractivity (Wildman–Crippen MR) is 93.4 cm³/mol. The number of amides is 1. The van der Waals surface area contributed by atoms with Crippen molar-refractivity contribution in [3.05, 3.63) is 72.4 Å². The number of hydrogen-bond donors (Lipinski definition) is 1. The van der Waals surface area contributed by atoms with E-state index in [1.165, 1.54) is 0 Å². The summed E-state index contributed by atoms with van der Waals surface area (Å²) in [6.45, 7) is 2.98. The van der Waals surface area contributed by atoms with E-state index in [0.29, 0.717) is 19.6 Å². The van der Waals surface area contributed by atoms with Gasteiger partial charge in [0.1, 0.15) is 17.6 Å². The summed E-state index contributed by atoms with van der Waals surface area (Å²) in [5.41, 5.74) is 0.939. The van der Waals surface area contributed by atoms with Gasteiger partial charge in [0, 0.05) is 18.9 Å². The molecule has 1 aromatic carbocycles. The van der Waals surface area contributed by atoms with Gasteiger partial charge in [0.15, 0.2) is 0 Å². The van der Waals surface area contributed by atoms with Crippen molar-refractivity contribution in [3.8, 4) is 5.75 Å². The molecule has 3 rings (SSSR count). The molecule has 3 aromatic rings. The summed E-state index contributed by atoms with van der Waals surface area (Å²) in [5.74, 6) is 1.51. The summed E-state index contributed by atoms with van der Waals surface area (Å²) in [6, 6.07) is 12.9. The molecule has 1 N–H and O–H groups in total. The van der Waals surface area contributed by atoms with Crippen LogP contribution in [0.5, 0.6) is 5.75 Å². The number of carbonyl (C=O) groups excluding carboxylic acids is 1. The first-order chi connectivity index (χ1) is 12.3. The van der Waals surface area contributed by atoms with Crippen molar-refractivity contribution in [2.75, 3.05) is 13.2 Å². The molecule has 1 amide bonds. The number of carbonyl (C=O) groups is 1. The van der Waals surface area contributed by atoms with Crippen molar-refractivity contribution in [3.63, 3.8) is 0 Å². The van der Waals surface area contributed by atoms with Crippen LogP contribution in [0.1, 0.15) is 24.3 Å². The summed E-state index contributed by atoms with van der Waals surface area (Å²) in [7, 11) is 0. The van der Waals surface area contributed by atoms with Gasteiger partial charge in [-0.25, -0.2) is 0 Å². The molecule has 0 aliphatic heterocycles. The highest BCUT2D eigenvalue weighted by Crippen LogP contribution is 2.17. The molecule has 0 fully saturated rings. The zero-order valence-electron chi connectivity index (χ0n) is 14.1.